The Hall–Kier alpha value is -2.62. The second-order valence-corrected chi connectivity index (χ2v) is 8.09. The molecule has 10 heteroatoms. The van der Waals surface area contributed by atoms with Crippen LogP contribution in [-0.4, -0.2) is 43.8 Å². The van der Waals surface area contributed by atoms with Gasteiger partial charge in [-0.05, 0) is 31.9 Å². The average Bonchev–Trinajstić information content (AvgIpc) is 3.21. The standard InChI is InChI=1S/C17H22N8OS/c1-10(13-19-15(18)21-16(20-13)24(2)3)27-17-23-22-14(11-6-7-11)25(17)9-12-5-4-8-26-12/h4-5,8,10-11H,6-7,9H2,1-3H3,(H2,18,19,20,21). The normalized spacial score (nSPS) is 15.1. The first-order chi connectivity index (χ1) is 13.0. The molecule has 1 aliphatic rings. The molecule has 0 aromatic carbocycles. The number of nitrogens with two attached hydrogens (primary N) is 1. The van der Waals surface area contributed by atoms with Crippen LogP contribution in [0.3, 0.4) is 0 Å². The van der Waals surface area contributed by atoms with Gasteiger partial charge in [0.05, 0.1) is 18.1 Å². The van der Waals surface area contributed by atoms with Crippen LogP contribution in [0.5, 0.6) is 0 Å². The predicted molar refractivity (Wildman–Crippen MR) is 103 cm³/mol. The van der Waals surface area contributed by atoms with Crippen LogP contribution in [0.1, 0.15) is 48.3 Å². The summed E-state index contributed by atoms with van der Waals surface area (Å²) in [5, 5.41) is 9.63. The van der Waals surface area contributed by atoms with Crippen LogP contribution in [-0.2, 0) is 6.54 Å². The van der Waals surface area contributed by atoms with E-state index in [9.17, 15) is 0 Å². The molecule has 0 spiro atoms. The average molecular weight is 386 g/mol. The molecule has 0 saturated heterocycles. The molecule has 1 atom stereocenters. The molecule has 3 heterocycles. The zero-order valence-electron chi connectivity index (χ0n) is 15.5. The Labute approximate surface area is 161 Å². The first-order valence-electron chi connectivity index (χ1n) is 8.82. The lowest BCUT2D eigenvalue weighted by Crippen LogP contribution is -2.16. The highest BCUT2D eigenvalue weighted by atomic mass is 32.2. The van der Waals surface area contributed by atoms with Crippen LogP contribution >= 0.6 is 11.8 Å². The van der Waals surface area contributed by atoms with Crippen molar-refractivity contribution in [3.8, 4) is 0 Å². The van der Waals surface area contributed by atoms with Gasteiger partial charge in [0.25, 0.3) is 0 Å². The van der Waals surface area contributed by atoms with Crippen molar-refractivity contribution in [1.82, 2.24) is 29.7 Å². The van der Waals surface area contributed by atoms with Crippen molar-refractivity contribution >= 4 is 23.7 Å². The van der Waals surface area contributed by atoms with Crippen molar-refractivity contribution in [2.75, 3.05) is 24.7 Å². The number of hydrogen-bond donors (Lipinski definition) is 1. The first kappa shape index (κ1) is 17.8. The molecule has 0 bridgehead atoms. The SMILES string of the molecule is CC(Sc1nnc(C2CC2)n1Cc1ccco1)c1nc(N)nc(N(C)C)n1. The number of hydrogen-bond acceptors (Lipinski definition) is 9. The third kappa shape index (κ3) is 3.90. The summed E-state index contributed by atoms with van der Waals surface area (Å²) in [4.78, 5) is 14.8. The van der Waals surface area contributed by atoms with Gasteiger partial charge in [-0.3, -0.25) is 4.57 Å². The fraction of sp³-hybridized carbons (Fsp3) is 0.471. The third-order valence-corrected chi connectivity index (χ3v) is 5.36. The summed E-state index contributed by atoms with van der Waals surface area (Å²) in [5.74, 6) is 3.77. The Kier molecular flexibility index (Phi) is 4.73. The summed E-state index contributed by atoms with van der Waals surface area (Å²) in [5.41, 5.74) is 5.86. The van der Waals surface area contributed by atoms with Crippen LogP contribution in [0.2, 0.25) is 0 Å². The van der Waals surface area contributed by atoms with Gasteiger partial charge in [-0.25, -0.2) is 0 Å². The molecule has 142 valence electrons. The zero-order valence-corrected chi connectivity index (χ0v) is 16.3. The van der Waals surface area contributed by atoms with E-state index in [1.165, 1.54) is 0 Å². The van der Waals surface area contributed by atoms with E-state index in [0.717, 1.165) is 29.6 Å². The minimum Gasteiger partial charge on any atom is -0.467 e. The van der Waals surface area contributed by atoms with Crippen LogP contribution < -0.4 is 10.6 Å². The van der Waals surface area contributed by atoms with Gasteiger partial charge in [-0.1, -0.05) is 11.8 Å². The minimum absolute atomic E-state index is 0.0550. The Morgan fingerprint density at radius 2 is 2.11 bits per heavy atom. The summed E-state index contributed by atoms with van der Waals surface area (Å²) in [6.45, 7) is 2.64. The number of thioether (sulfide) groups is 1. The number of anilines is 2. The van der Waals surface area contributed by atoms with E-state index in [1.54, 1.807) is 18.0 Å². The van der Waals surface area contributed by atoms with Crippen LogP contribution in [0.15, 0.2) is 28.0 Å². The molecule has 27 heavy (non-hydrogen) atoms. The van der Waals surface area contributed by atoms with E-state index < -0.39 is 0 Å². The summed E-state index contributed by atoms with van der Waals surface area (Å²) in [6.07, 6.45) is 4.00. The minimum atomic E-state index is -0.0550. The molecule has 0 amide bonds. The smallest absolute Gasteiger partial charge is 0.229 e. The van der Waals surface area contributed by atoms with E-state index in [1.807, 2.05) is 38.1 Å². The number of nitrogens with zero attached hydrogens (tertiary/aromatic N) is 7. The van der Waals surface area contributed by atoms with Crippen molar-refractivity contribution < 1.29 is 4.42 Å². The molecule has 4 rings (SSSR count). The highest BCUT2D eigenvalue weighted by molar-refractivity contribution is 7.99. The van der Waals surface area contributed by atoms with Crippen molar-refractivity contribution in [1.29, 1.82) is 0 Å². The molecule has 9 nitrogen and oxygen atoms in total. The Morgan fingerprint density at radius 3 is 2.78 bits per heavy atom. The van der Waals surface area contributed by atoms with E-state index in [-0.39, 0.29) is 11.2 Å². The zero-order chi connectivity index (χ0) is 19.0. The number of rotatable bonds is 7. The number of aromatic nitrogens is 6. The number of furan rings is 1. The molecule has 0 radical (unpaired) electrons. The second kappa shape index (κ2) is 7.18. The molecule has 0 aliphatic heterocycles. The van der Waals surface area contributed by atoms with Gasteiger partial charge >= 0.3 is 0 Å². The monoisotopic (exact) mass is 386 g/mol. The predicted octanol–water partition coefficient (Wildman–Crippen LogP) is 2.48. The lowest BCUT2D eigenvalue weighted by molar-refractivity contribution is 0.478. The maximum absolute atomic E-state index is 5.86. The maximum Gasteiger partial charge on any atom is 0.229 e. The third-order valence-electron chi connectivity index (χ3n) is 4.29. The molecular weight excluding hydrogens is 364 g/mol. The topological polar surface area (TPSA) is 112 Å². The first-order valence-corrected chi connectivity index (χ1v) is 9.70. The van der Waals surface area contributed by atoms with Gasteiger partial charge in [0, 0.05) is 20.0 Å². The largest absolute Gasteiger partial charge is 0.467 e. The maximum atomic E-state index is 5.86. The van der Waals surface area contributed by atoms with Crippen LogP contribution in [0.25, 0.3) is 0 Å². The van der Waals surface area contributed by atoms with E-state index in [4.69, 9.17) is 10.2 Å². The summed E-state index contributed by atoms with van der Waals surface area (Å²) in [6, 6.07) is 3.85. The van der Waals surface area contributed by atoms with Gasteiger partial charge in [0.2, 0.25) is 11.9 Å². The molecular formula is C17H22N8OS. The van der Waals surface area contributed by atoms with Gasteiger partial charge < -0.3 is 15.1 Å². The Balaban J connectivity index is 1.60. The van der Waals surface area contributed by atoms with Gasteiger partial charge in [0.15, 0.2) is 5.16 Å². The van der Waals surface area contributed by atoms with Crippen LogP contribution in [0, 0.1) is 0 Å². The second-order valence-electron chi connectivity index (χ2n) is 6.79. The van der Waals surface area contributed by atoms with Gasteiger partial charge in [0.1, 0.15) is 17.4 Å². The van der Waals surface area contributed by atoms with E-state index in [2.05, 4.69) is 29.7 Å². The number of nitrogen functional groups attached to an aromatic ring is 1. The van der Waals surface area contributed by atoms with Crippen molar-refractivity contribution in [2.45, 2.75) is 42.6 Å². The van der Waals surface area contributed by atoms with Gasteiger partial charge in [-0.2, -0.15) is 15.0 Å². The van der Waals surface area contributed by atoms with Crippen molar-refractivity contribution in [3.05, 3.63) is 35.8 Å². The molecule has 1 aliphatic carbocycles. The van der Waals surface area contributed by atoms with E-state index >= 15 is 0 Å². The van der Waals surface area contributed by atoms with Crippen LogP contribution in [0.4, 0.5) is 11.9 Å². The van der Waals surface area contributed by atoms with Crippen molar-refractivity contribution in [2.24, 2.45) is 0 Å². The molecule has 3 aromatic rings. The quantitative estimate of drug-likeness (QED) is 0.612. The Morgan fingerprint density at radius 1 is 1.30 bits per heavy atom. The Bertz CT molecular complexity index is 919. The molecule has 1 fully saturated rings. The lowest BCUT2D eigenvalue weighted by atomic mass is 10.3. The molecule has 1 saturated carbocycles. The molecule has 1 unspecified atom stereocenters. The molecule has 3 aromatic heterocycles. The summed E-state index contributed by atoms with van der Waals surface area (Å²) < 4.78 is 7.66. The highest BCUT2D eigenvalue weighted by Gasteiger charge is 2.31. The van der Waals surface area contributed by atoms with Crippen molar-refractivity contribution in [3.63, 3.8) is 0 Å². The lowest BCUT2D eigenvalue weighted by Gasteiger charge is -2.15. The van der Waals surface area contributed by atoms with Gasteiger partial charge in [-0.15, -0.1) is 10.2 Å². The van der Waals surface area contributed by atoms with E-state index in [0.29, 0.717) is 24.2 Å². The fourth-order valence-corrected chi connectivity index (χ4v) is 3.63. The highest BCUT2D eigenvalue weighted by Crippen LogP contribution is 2.41. The fourth-order valence-electron chi connectivity index (χ4n) is 2.73. The summed E-state index contributed by atoms with van der Waals surface area (Å²) in [7, 11) is 3.75. The molecule has 2 N–H and O–H groups in total. The summed E-state index contributed by atoms with van der Waals surface area (Å²) >= 11 is 1.56.